The van der Waals surface area contributed by atoms with E-state index in [2.05, 4.69) is 10.3 Å². The molecule has 3 aromatic rings. The maximum atomic E-state index is 13.0. The van der Waals surface area contributed by atoms with Gasteiger partial charge < -0.3 is 24.3 Å². The molecule has 2 heterocycles. The fraction of sp³-hybridized carbons (Fsp3) is 0.318. The second-order valence-electron chi connectivity index (χ2n) is 7.00. The fourth-order valence-corrected chi connectivity index (χ4v) is 3.48. The minimum atomic E-state index is -0.751. The van der Waals surface area contributed by atoms with Crippen molar-refractivity contribution >= 4 is 16.8 Å². The highest BCUT2D eigenvalue weighted by molar-refractivity contribution is 5.82. The second-order valence-corrected chi connectivity index (χ2v) is 7.00. The van der Waals surface area contributed by atoms with Crippen LogP contribution in [0.5, 0.6) is 23.0 Å². The van der Waals surface area contributed by atoms with Crippen LogP contribution in [0.3, 0.4) is 0 Å². The van der Waals surface area contributed by atoms with Crippen molar-refractivity contribution < 1.29 is 23.7 Å². The molecule has 1 aliphatic rings. The molecular weight excluding hydrogens is 402 g/mol. The normalized spacial score (nSPS) is 14.9. The average molecular weight is 425 g/mol. The van der Waals surface area contributed by atoms with Crippen LogP contribution < -0.4 is 29.8 Å². The van der Waals surface area contributed by atoms with Gasteiger partial charge in [0.2, 0.25) is 6.10 Å². The molecule has 1 aliphatic heterocycles. The largest absolute Gasteiger partial charge is 0.493 e. The maximum Gasteiger partial charge on any atom is 0.264 e. The Kier molecular flexibility index (Phi) is 5.66. The van der Waals surface area contributed by atoms with E-state index in [0.717, 1.165) is 0 Å². The van der Waals surface area contributed by atoms with Crippen molar-refractivity contribution in [3.05, 3.63) is 52.6 Å². The molecule has 0 saturated heterocycles. The van der Waals surface area contributed by atoms with Crippen molar-refractivity contribution in [2.75, 3.05) is 27.4 Å². The number of methoxy groups -OCH3 is 2. The highest BCUT2D eigenvalue weighted by Gasteiger charge is 2.27. The number of amides is 1. The first-order chi connectivity index (χ1) is 15.0. The molecule has 2 aromatic carbocycles. The number of carbonyl (C=O) groups excluding carboxylic acids is 1. The minimum absolute atomic E-state index is 0.126. The quantitative estimate of drug-likeness (QED) is 0.641. The van der Waals surface area contributed by atoms with E-state index in [-0.39, 0.29) is 31.2 Å². The van der Waals surface area contributed by atoms with Crippen molar-refractivity contribution in [3.8, 4) is 23.0 Å². The van der Waals surface area contributed by atoms with E-state index in [9.17, 15) is 9.59 Å². The summed E-state index contributed by atoms with van der Waals surface area (Å²) in [4.78, 5) is 30.0. The minimum Gasteiger partial charge on any atom is -0.493 e. The molecular formula is C22H23N3O6. The number of para-hydroxylation sites is 2. The van der Waals surface area contributed by atoms with Gasteiger partial charge in [0, 0.05) is 19.2 Å². The van der Waals surface area contributed by atoms with E-state index in [0.29, 0.717) is 39.7 Å². The van der Waals surface area contributed by atoms with Crippen LogP contribution in [0.2, 0.25) is 0 Å². The zero-order valence-corrected chi connectivity index (χ0v) is 17.5. The first-order valence-electron chi connectivity index (χ1n) is 9.81. The van der Waals surface area contributed by atoms with Crippen LogP contribution in [0.25, 0.3) is 10.9 Å². The second kappa shape index (κ2) is 8.55. The van der Waals surface area contributed by atoms with Gasteiger partial charge in [-0.1, -0.05) is 12.1 Å². The van der Waals surface area contributed by atoms with E-state index >= 15 is 0 Å². The molecule has 162 valence electrons. The zero-order chi connectivity index (χ0) is 22.0. The molecule has 1 atom stereocenters. The number of hydrogen-bond donors (Lipinski definition) is 1. The van der Waals surface area contributed by atoms with Gasteiger partial charge >= 0.3 is 0 Å². The monoisotopic (exact) mass is 425 g/mol. The molecule has 0 unspecified atom stereocenters. The number of carbonyl (C=O) groups is 1. The first kappa shape index (κ1) is 20.5. The molecule has 31 heavy (non-hydrogen) atoms. The summed E-state index contributed by atoms with van der Waals surface area (Å²) in [6, 6.07) is 10.5. The van der Waals surface area contributed by atoms with Crippen LogP contribution in [-0.4, -0.2) is 48.9 Å². The molecule has 1 N–H and O–H groups in total. The summed E-state index contributed by atoms with van der Waals surface area (Å²) in [5.41, 5.74) is 0.302. The Morgan fingerprint density at radius 3 is 2.65 bits per heavy atom. The molecule has 0 spiro atoms. The summed E-state index contributed by atoms with van der Waals surface area (Å²) in [5, 5.41) is 3.21. The molecule has 0 saturated carbocycles. The number of rotatable bonds is 6. The van der Waals surface area contributed by atoms with Crippen molar-refractivity contribution in [1.29, 1.82) is 0 Å². The zero-order valence-electron chi connectivity index (χ0n) is 17.5. The molecule has 0 bridgehead atoms. The molecule has 1 aromatic heterocycles. The summed E-state index contributed by atoms with van der Waals surface area (Å²) in [6.07, 6.45) is -0.751. The smallest absolute Gasteiger partial charge is 0.264 e. The summed E-state index contributed by atoms with van der Waals surface area (Å²) in [7, 11) is 3.04. The molecule has 0 radical (unpaired) electrons. The highest BCUT2D eigenvalue weighted by atomic mass is 16.6. The van der Waals surface area contributed by atoms with Gasteiger partial charge in [-0.2, -0.15) is 0 Å². The Hall–Kier alpha value is -3.75. The van der Waals surface area contributed by atoms with E-state index in [1.165, 1.54) is 18.8 Å². The Labute approximate surface area is 178 Å². The number of aryl methyl sites for hydroxylation is 1. The van der Waals surface area contributed by atoms with Crippen molar-refractivity contribution in [2.45, 2.75) is 19.6 Å². The molecule has 4 rings (SSSR count). The fourth-order valence-electron chi connectivity index (χ4n) is 3.48. The van der Waals surface area contributed by atoms with Gasteiger partial charge in [0.1, 0.15) is 12.4 Å². The van der Waals surface area contributed by atoms with E-state index in [1.54, 1.807) is 31.2 Å². The lowest BCUT2D eigenvalue weighted by atomic mass is 10.2. The van der Waals surface area contributed by atoms with Gasteiger partial charge in [0.05, 0.1) is 25.1 Å². The topological polar surface area (TPSA) is 101 Å². The molecule has 9 nitrogen and oxygen atoms in total. The van der Waals surface area contributed by atoms with Crippen LogP contribution in [0.4, 0.5) is 0 Å². The number of benzene rings is 2. The standard InChI is InChI=1S/C22H23N3O6/c1-13-24-15-11-19(29-3)18(28-2)10-14(15)22(27)25(13)9-8-23-21(26)20-12-30-16-6-4-5-7-17(16)31-20/h4-7,10-11,20H,8-9,12H2,1-3H3,(H,23,26)/t20-/m1/s1. The van der Waals surface area contributed by atoms with Gasteiger partial charge in [-0.15, -0.1) is 0 Å². The Balaban J connectivity index is 1.46. The third-order valence-electron chi connectivity index (χ3n) is 5.09. The lowest BCUT2D eigenvalue weighted by Gasteiger charge is -2.25. The number of hydrogen-bond acceptors (Lipinski definition) is 7. The predicted molar refractivity (Wildman–Crippen MR) is 113 cm³/mol. The van der Waals surface area contributed by atoms with E-state index < -0.39 is 6.10 Å². The van der Waals surface area contributed by atoms with Crippen LogP contribution in [-0.2, 0) is 11.3 Å². The van der Waals surface area contributed by atoms with Gasteiger partial charge in [-0.25, -0.2) is 4.98 Å². The Bertz CT molecular complexity index is 1190. The lowest BCUT2D eigenvalue weighted by molar-refractivity contribution is -0.130. The number of nitrogens with one attached hydrogen (secondary N) is 1. The van der Waals surface area contributed by atoms with Crippen LogP contribution in [0, 0.1) is 6.92 Å². The Morgan fingerprint density at radius 1 is 1.19 bits per heavy atom. The lowest BCUT2D eigenvalue weighted by Crippen LogP contribution is -2.45. The van der Waals surface area contributed by atoms with E-state index in [1.807, 2.05) is 12.1 Å². The SMILES string of the molecule is COc1cc2nc(C)n(CCNC(=O)[C@H]3COc4ccccc4O3)c(=O)c2cc1OC. The number of aromatic nitrogens is 2. The number of fused-ring (bicyclic) bond motifs is 2. The predicted octanol–water partition coefficient (Wildman–Crippen LogP) is 1.68. The molecule has 9 heteroatoms. The Morgan fingerprint density at radius 2 is 1.90 bits per heavy atom. The molecule has 0 fully saturated rings. The first-order valence-corrected chi connectivity index (χ1v) is 9.81. The van der Waals surface area contributed by atoms with E-state index in [4.69, 9.17) is 18.9 Å². The van der Waals surface area contributed by atoms with Crippen LogP contribution in [0.1, 0.15) is 5.82 Å². The summed E-state index contributed by atoms with van der Waals surface area (Å²) in [5.74, 6) is 2.33. The summed E-state index contributed by atoms with van der Waals surface area (Å²) in [6.45, 7) is 2.37. The molecule has 0 aliphatic carbocycles. The van der Waals surface area contributed by atoms with Gasteiger partial charge in [0.15, 0.2) is 23.0 Å². The average Bonchev–Trinajstić information content (AvgIpc) is 2.79. The number of nitrogens with zero attached hydrogens (tertiary/aromatic N) is 2. The van der Waals surface area contributed by atoms with Crippen LogP contribution >= 0.6 is 0 Å². The van der Waals surface area contributed by atoms with Crippen LogP contribution in [0.15, 0.2) is 41.2 Å². The summed E-state index contributed by atoms with van der Waals surface area (Å²) >= 11 is 0. The van der Waals surface area contributed by atoms with Crippen molar-refractivity contribution in [3.63, 3.8) is 0 Å². The van der Waals surface area contributed by atoms with Crippen molar-refractivity contribution in [2.24, 2.45) is 0 Å². The van der Waals surface area contributed by atoms with Gasteiger partial charge in [0.25, 0.3) is 11.5 Å². The number of ether oxygens (including phenoxy) is 4. The molecule has 1 amide bonds. The third-order valence-corrected chi connectivity index (χ3v) is 5.09. The van der Waals surface area contributed by atoms with Gasteiger partial charge in [-0.3, -0.25) is 14.2 Å². The highest BCUT2D eigenvalue weighted by Crippen LogP contribution is 2.31. The summed E-state index contributed by atoms with van der Waals surface area (Å²) < 4.78 is 23.4. The van der Waals surface area contributed by atoms with Gasteiger partial charge in [-0.05, 0) is 25.1 Å². The van der Waals surface area contributed by atoms with Crippen molar-refractivity contribution in [1.82, 2.24) is 14.9 Å². The third kappa shape index (κ3) is 3.98. The maximum absolute atomic E-state index is 13.0.